The molecule has 1 aromatic rings. The van der Waals surface area contributed by atoms with Crippen molar-refractivity contribution in [1.29, 1.82) is 0 Å². The van der Waals surface area contributed by atoms with Gasteiger partial charge in [0.1, 0.15) is 0 Å². The van der Waals surface area contributed by atoms with Crippen LogP contribution in [0.1, 0.15) is 50.5 Å². The maximum atomic E-state index is 12.4. The van der Waals surface area contributed by atoms with Gasteiger partial charge in [0.05, 0.1) is 6.61 Å². The topological polar surface area (TPSA) is 64.6 Å². The van der Waals surface area contributed by atoms with Crippen molar-refractivity contribution in [2.45, 2.75) is 51.9 Å². The van der Waals surface area contributed by atoms with Crippen LogP contribution >= 0.6 is 0 Å². The smallest absolute Gasteiger partial charge is 0.317 e. The van der Waals surface area contributed by atoms with E-state index in [-0.39, 0.29) is 12.6 Å². The Labute approximate surface area is 158 Å². The molecule has 0 unspecified atom stereocenters. The van der Waals surface area contributed by atoms with E-state index < -0.39 is 0 Å². The summed E-state index contributed by atoms with van der Waals surface area (Å²) in [5.74, 6) is 0.746. The second kappa shape index (κ2) is 11.8. The first-order valence-corrected chi connectivity index (χ1v) is 10.1. The summed E-state index contributed by atoms with van der Waals surface area (Å²) in [6, 6.07) is 8.16. The summed E-state index contributed by atoms with van der Waals surface area (Å²) in [6.45, 7) is 4.74. The molecule has 1 saturated carbocycles. The first-order valence-electron chi connectivity index (χ1n) is 10.1. The van der Waals surface area contributed by atoms with Crippen LogP contribution in [-0.2, 0) is 0 Å². The number of benzene rings is 1. The third kappa shape index (κ3) is 7.24. The zero-order valence-corrected chi connectivity index (χ0v) is 16.2. The lowest BCUT2D eigenvalue weighted by Crippen LogP contribution is -2.43. The number of hydrogen-bond acceptors (Lipinski definition) is 3. The highest BCUT2D eigenvalue weighted by atomic mass is 16.3. The number of carbonyl (C=O) groups excluding carboxylic acids is 1. The molecule has 0 heterocycles. The second-order valence-corrected chi connectivity index (χ2v) is 7.33. The summed E-state index contributed by atoms with van der Waals surface area (Å²) in [6.07, 6.45) is 8.51. The standard InChI is InChI=1S/C21H35N3O2/c1-18-8-5-6-11-20(18)22-13-7-14-23-21(26)24(16-17-25)15-12-19-9-3-2-4-10-19/h5-6,8,11,19,22,25H,2-4,7,9-10,12-17H2,1H3,(H,23,26). The van der Waals surface area contributed by atoms with Crippen LogP contribution in [-0.4, -0.2) is 48.8 Å². The van der Waals surface area contributed by atoms with Gasteiger partial charge < -0.3 is 20.6 Å². The van der Waals surface area contributed by atoms with Gasteiger partial charge in [-0.25, -0.2) is 4.79 Å². The fraction of sp³-hybridized carbons (Fsp3) is 0.667. The lowest BCUT2D eigenvalue weighted by molar-refractivity contribution is 0.169. The highest BCUT2D eigenvalue weighted by Crippen LogP contribution is 2.26. The maximum Gasteiger partial charge on any atom is 0.317 e. The van der Waals surface area contributed by atoms with Gasteiger partial charge in [0.15, 0.2) is 0 Å². The molecule has 5 heteroatoms. The van der Waals surface area contributed by atoms with Gasteiger partial charge in [0.2, 0.25) is 0 Å². The molecule has 1 aliphatic rings. The Morgan fingerprint density at radius 2 is 1.92 bits per heavy atom. The number of rotatable bonds is 10. The minimum Gasteiger partial charge on any atom is -0.395 e. The number of nitrogens with zero attached hydrogens (tertiary/aromatic N) is 1. The number of aliphatic hydroxyl groups is 1. The van der Waals surface area contributed by atoms with Crippen LogP contribution in [0.15, 0.2) is 24.3 Å². The lowest BCUT2D eigenvalue weighted by Gasteiger charge is -2.27. The van der Waals surface area contributed by atoms with Crippen LogP contribution in [0.5, 0.6) is 0 Å². The highest BCUT2D eigenvalue weighted by Gasteiger charge is 2.17. The molecule has 1 aromatic carbocycles. The normalized spacial score (nSPS) is 14.8. The van der Waals surface area contributed by atoms with Gasteiger partial charge >= 0.3 is 6.03 Å². The molecule has 5 nitrogen and oxygen atoms in total. The Kier molecular flexibility index (Phi) is 9.32. The third-order valence-electron chi connectivity index (χ3n) is 5.28. The van der Waals surface area contributed by atoms with E-state index in [9.17, 15) is 9.90 Å². The molecule has 0 saturated heterocycles. The van der Waals surface area contributed by atoms with E-state index in [1.165, 1.54) is 37.7 Å². The number of aliphatic hydroxyl groups excluding tert-OH is 1. The lowest BCUT2D eigenvalue weighted by atomic mass is 9.87. The van der Waals surface area contributed by atoms with Gasteiger partial charge in [-0.05, 0) is 37.3 Å². The SMILES string of the molecule is Cc1ccccc1NCCCNC(=O)N(CCO)CCC1CCCCC1. The summed E-state index contributed by atoms with van der Waals surface area (Å²) in [5, 5.41) is 15.6. The van der Waals surface area contributed by atoms with E-state index in [2.05, 4.69) is 29.7 Å². The molecule has 0 radical (unpaired) electrons. The highest BCUT2D eigenvalue weighted by molar-refractivity contribution is 5.74. The summed E-state index contributed by atoms with van der Waals surface area (Å²) in [5.41, 5.74) is 2.38. The van der Waals surface area contributed by atoms with Crippen molar-refractivity contribution in [2.75, 3.05) is 38.1 Å². The van der Waals surface area contributed by atoms with Crippen molar-refractivity contribution in [3.05, 3.63) is 29.8 Å². The Morgan fingerprint density at radius 1 is 1.15 bits per heavy atom. The monoisotopic (exact) mass is 361 g/mol. The van der Waals surface area contributed by atoms with E-state index in [4.69, 9.17) is 0 Å². The number of anilines is 1. The first-order chi connectivity index (χ1) is 12.7. The van der Waals surface area contributed by atoms with E-state index in [1.807, 2.05) is 12.1 Å². The zero-order chi connectivity index (χ0) is 18.6. The number of nitrogens with one attached hydrogen (secondary N) is 2. The fourth-order valence-electron chi connectivity index (χ4n) is 3.64. The van der Waals surface area contributed by atoms with Crippen molar-refractivity contribution in [1.82, 2.24) is 10.2 Å². The van der Waals surface area contributed by atoms with Crippen LogP contribution in [0.4, 0.5) is 10.5 Å². The molecule has 146 valence electrons. The fourth-order valence-corrected chi connectivity index (χ4v) is 3.64. The average Bonchev–Trinajstić information content (AvgIpc) is 2.67. The van der Waals surface area contributed by atoms with Crippen molar-refractivity contribution in [3.8, 4) is 0 Å². The van der Waals surface area contributed by atoms with E-state index in [0.29, 0.717) is 13.1 Å². The van der Waals surface area contributed by atoms with Crippen molar-refractivity contribution < 1.29 is 9.90 Å². The second-order valence-electron chi connectivity index (χ2n) is 7.33. The van der Waals surface area contributed by atoms with Gasteiger partial charge in [0.25, 0.3) is 0 Å². The molecule has 0 bridgehead atoms. The molecule has 1 fully saturated rings. The first kappa shape index (κ1) is 20.6. The van der Waals surface area contributed by atoms with Crippen molar-refractivity contribution in [3.63, 3.8) is 0 Å². The Morgan fingerprint density at radius 3 is 2.65 bits per heavy atom. The van der Waals surface area contributed by atoms with Crippen LogP contribution in [0.25, 0.3) is 0 Å². The van der Waals surface area contributed by atoms with Crippen molar-refractivity contribution >= 4 is 11.7 Å². The van der Waals surface area contributed by atoms with E-state index in [0.717, 1.165) is 37.5 Å². The molecule has 0 atom stereocenters. The van der Waals surface area contributed by atoms with Gasteiger partial charge in [-0.15, -0.1) is 0 Å². The van der Waals surface area contributed by atoms with E-state index >= 15 is 0 Å². The number of para-hydroxylation sites is 1. The molecule has 26 heavy (non-hydrogen) atoms. The predicted octanol–water partition coefficient (Wildman–Crippen LogP) is 3.77. The summed E-state index contributed by atoms with van der Waals surface area (Å²) in [7, 11) is 0. The Hall–Kier alpha value is -1.75. The van der Waals surface area contributed by atoms with Crippen LogP contribution < -0.4 is 10.6 Å². The number of hydrogen-bond donors (Lipinski definition) is 3. The molecule has 0 spiro atoms. The zero-order valence-electron chi connectivity index (χ0n) is 16.2. The Balaban J connectivity index is 1.63. The summed E-state index contributed by atoms with van der Waals surface area (Å²) in [4.78, 5) is 14.1. The van der Waals surface area contributed by atoms with Crippen LogP contribution in [0, 0.1) is 12.8 Å². The molecular weight excluding hydrogens is 326 g/mol. The number of urea groups is 1. The molecule has 3 N–H and O–H groups in total. The molecule has 1 aliphatic carbocycles. The van der Waals surface area contributed by atoms with E-state index in [1.54, 1.807) is 4.90 Å². The van der Waals surface area contributed by atoms with Crippen molar-refractivity contribution in [2.24, 2.45) is 5.92 Å². The number of carbonyl (C=O) groups is 1. The molecule has 2 amide bonds. The van der Waals surface area contributed by atoms with Crippen LogP contribution in [0.2, 0.25) is 0 Å². The Bertz CT molecular complexity index is 530. The third-order valence-corrected chi connectivity index (χ3v) is 5.28. The minimum atomic E-state index is -0.0502. The quantitative estimate of drug-likeness (QED) is 0.556. The minimum absolute atomic E-state index is 0.0208. The molecule has 0 aromatic heterocycles. The van der Waals surface area contributed by atoms with Gasteiger partial charge in [-0.1, -0.05) is 50.3 Å². The van der Waals surface area contributed by atoms with Crippen LogP contribution in [0.3, 0.4) is 0 Å². The molecule has 0 aliphatic heterocycles. The summed E-state index contributed by atoms with van der Waals surface area (Å²) >= 11 is 0. The molecule has 2 rings (SSSR count). The van der Waals surface area contributed by atoms with Gasteiger partial charge in [-0.3, -0.25) is 0 Å². The maximum absolute atomic E-state index is 12.4. The van der Waals surface area contributed by atoms with Gasteiger partial charge in [0, 0.05) is 31.9 Å². The predicted molar refractivity (Wildman–Crippen MR) is 108 cm³/mol. The number of aryl methyl sites for hydroxylation is 1. The van der Waals surface area contributed by atoms with Gasteiger partial charge in [-0.2, -0.15) is 0 Å². The largest absolute Gasteiger partial charge is 0.395 e. The average molecular weight is 362 g/mol. The number of amides is 2. The summed E-state index contributed by atoms with van der Waals surface area (Å²) < 4.78 is 0. The molecular formula is C21H35N3O2.